The first-order valence-corrected chi connectivity index (χ1v) is 11.4. The van der Waals surface area contributed by atoms with Gasteiger partial charge >= 0.3 is 0 Å². The number of carbonyl (C=O) groups excluding carboxylic acids is 1. The third kappa shape index (κ3) is 4.75. The van der Waals surface area contributed by atoms with Crippen LogP contribution in [0.1, 0.15) is 49.4 Å². The van der Waals surface area contributed by atoms with Crippen LogP contribution in [-0.2, 0) is 4.74 Å². The fourth-order valence-corrected chi connectivity index (χ4v) is 5.40. The molecule has 0 N–H and O–H groups in total. The van der Waals surface area contributed by atoms with Crippen molar-refractivity contribution >= 4 is 5.91 Å². The van der Waals surface area contributed by atoms with Crippen molar-refractivity contribution in [1.82, 2.24) is 9.80 Å². The number of rotatable bonds is 5. The van der Waals surface area contributed by atoms with Crippen molar-refractivity contribution in [2.45, 2.75) is 45.1 Å². The van der Waals surface area contributed by atoms with Gasteiger partial charge in [0, 0.05) is 37.8 Å². The van der Waals surface area contributed by atoms with Crippen molar-refractivity contribution in [3.05, 3.63) is 23.8 Å². The second kappa shape index (κ2) is 9.15. The maximum absolute atomic E-state index is 13.1. The highest BCUT2D eigenvalue weighted by Crippen LogP contribution is 2.42. The lowest BCUT2D eigenvalue weighted by molar-refractivity contribution is 0.0401. The summed E-state index contributed by atoms with van der Waals surface area (Å²) in [5.74, 6) is 2.15. The van der Waals surface area contributed by atoms with Crippen molar-refractivity contribution in [2.75, 3.05) is 53.6 Å². The lowest BCUT2D eigenvalue weighted by atomic mass is 9.76. The second-order valence-corrected chi connectivity index (χ2v) is 9.54. The van der Waals surface area contributed by atoms with Crippen LogP contribution >= 0.6 is 0 Å². The van der Waals surface area contributed by atoms with Crippen LogP contribution < -0.4 is 9.47 Å². The van der Waals surface area contributed by atoms with Crippen molar-refractivity contribution in [3.63, 3.8) is 0 Å². The molecule has 6 nitrogen and oxygen atoms in total. The predicted octanol–water partition coefficient (Wildman–Crippen LogP) is 3.45. The first-order valence-electron chi connectivity index (χ1n) is 11.4. The molecule has 166 valence electrons. The van der Waals surface area contributed by atoms with Crippen LogP contribution in [-0.4, -0.2) is 75.4 Å². The molecule has 3 heterocycles. The number of benzene rings is 1. The number of piperidine rings is 2. The summed E-state index contributed by atoms with van der Waals surface area (Å²) < 4.78 is 16.9. The minimum atomic E-state index is 0.0554. The van der Waals surface area contributed by atoms with Gasteiger partial charge in [-0.3, -0.25) is 4.79 Å². The Labute approximate surface area is 180 Å². The van der Waals surface area contributed by atoms with E-state index in [4.69, 9.17) is 14.2 Å². The van der Waals surface area contributed by atoms with Crippen LogP contribution in [0.25, 0.3) is 0 Å². The quantitative estimate of drug-likeness (QED) is 0.736. The highest BCUT2D eigenvalue weighted by molar-refractivity contribution is 5.95. The Morgan fingerprint density at radius 3 is 2.47 bits per heavy atom. The smallest absolute Gasteiger partial charge is 0.254 e. The summed E-state index contributed by atoms with van der Waals surface area (Å²) in [5.41, 5.74) is 0.872. The van der Waals surface area contributed by atoms with Gasteiger partial charge in [0.15, 0.2) is 0 Å². The molecular formula is C24H36N2O4. The Bertz CT molecular complexity index is 722. The Morgan fingerprint density at radius 1 is 1.13 bits per heavy atom. The fraction of sp³-hybridized carbons (Fsp3) is 0.708. The molecule has 0 aromatic heterocycles. The van der Waals surface area contributed by atoms with Gasteiger partial charge in [-0.1, -0.05) is 6.92 Å². The van der Waals surface area contributed by atoms with Crippen molar-refractivity contribution in [1.29, 1.82) is 0 Å². The van der Waals surface area contributed by atoms with Gasteiger partial charge in [-0.15, -0.1) is 0 Å². The first kappa shape index (κ1) is 21.4. The molecular weight excluding hydrogens is 380 g/mol. The zero-order valence-electron chi connectivity index (χ0n) is 18.7. The monoisotopic (exact) mass is 416 g/mol. The summed E-state index contributed by atoms with van der Waals surface area (Å²) in [6.07, 6.45) is 6.19. The number of hydrogen-bond donors (Lipinski definition) is 0. The molecule has 1 spiro atoms. The van der Waals surface area contributed by atoms with Crippen LogP contribution in [0.3, 0.4) is 0 Å². The van der Waals surface area contributed by atoms with Gasteiger partial charge in [0.25, 0.3) is 5.91 Å². The van der Waals surface area contributed by atoms with Crippen LogP contribution in [0.15, 0.2) is 18.2 Å². The van der Waals surface area contributed by atoms with E-state index < -0.39 is 0 Å². The zero-order chi connectivity index (χ0) is 21.1. The summed E-state index contributed by atoms with van der Waals surface area (Å²) in [5, 5.41) is 0. The third-order valence-electron chi connectivity index (χ3n) is 7.20. The minimum Gasteiger partial charge on any atom is -0.497 e. The molecule has 3 saturated heterocycles. The van der Waals surface area contributed by atoms with Crippen molar-refractivity contribution < 1.29 is 19.0 Å². The number of amides is 1. The topological polar surface area (TPSA) is 51.2 Å². The largest absolute Gasteiger partial charge is 0.497 e. The average Bonchev–Trinajstić information content (AvgIpc) is 3.15. The van der Waals surface area contributed by atoms with Crippen LogP contribution in [0, 0.1) is 11.3 Å². The molecule has 0 radical (unpaired) electrons. The van der Waals surface area contributed by atoms with Gasteiger partial charge in [-0.25, -0.2) is 0 Å². The normalized spacial score (nSPS) is 26.7. The SMILES string of the molecule is COc1cc(OC)cc(C(=O)N2CCC3(CC2)COC(CN2CCCC(C)C2)C3)c1. The maximum Gasteiger partial charge on any atom is 0.254 e. The number of nitrogens with zero attached hydrogens (tertiary/aromatic N) is 2. The van der Waals surface area contributed by atoms with E-state index in [9.17, 15) is 4.79 Å². The first-order chi connectivity index (χ1) is 14.5. The number of methoxy groups -OCH3 is 2. The summed E-state index contributed by atoms with van der Waals surface area (Å²) in [6.45, 7) is 8.26. The molecule has 1 aromatic rings. The Balaban J connectivity index is 1.32. The van der Waals surface area contributed by atoms with E-state index in [-0.39, 0.29) is 11.3 Å². The average molecular weight is 417 g/mol. The summed E-state index contributed by atoms with van der Waals surface area (Å²) in [6, 6.07) is 5.38. The number of hydrogen-bond acceptors (Lipinski definition) is 5. The van der Waals surface area contributed by atoms with Crippen molar-refractivity contribution in [3.8, 4) is 11.5 Å². The summed E-state index contributed by atoms with van der Waals surface area (Å²) in [4.78, 5) is 17.6. The lowest BCUT2D eigenvalue weighted by Crippen LogP contribution is -2.44. The standard InChI is InChI=1S/C24H36N2O4/c1-18-5-4-8-25(15-18)16-22-14-24(17-30-22)6-9-26(10-7-24)23(27)19-11-20(28-2)13-21(12-19)29-3/h11-13,18,22H,4-10,14-17H2,1-3H3. The van der Waals surface area contributed by atoms with E-state index >= 15 is 0 Å². The van der Waals surface area contributed by atoms with Crippen LogP contribution in [0.2, 0.25) is 0 Å². The molecule has 1 amide bonds. The number of likely N-dealkylation sites (tertiary alicyclic amines) is 2. The predicted molar refractivity (Wildman–Crippen MR) is 116 cm³/mol. The van der Waals surface area contributed by atoms with Crippen LogP contribution in [0.4, 0.5) is 0 Å². The lowest BCUT2D eigenvalue weighted by Gasteiger charge is -2.38. The molecule has 0 aliphatic carbocycles. The third-order valence-corrected chi connectivity index (χ3v) is 7.20. The summed E-state index contributed by atoms with van der Waals surface area (Å²) >= 11 is 0. The Kier molecular flexibility index (Phi) is 6.54. The van der Waals surface area contributed by atoms with Gasteiger partial charge in [0.1, 0.15) is 11.5 Å². The van der Waals surface area contributed by atoms with Gasteiger partial charge in [0.05, 0.1) is 26.9 Å². The van der Waals surface area contributed by atoms with Crippen LogP contribution in [0.5, 0.6) is 11.5 Å². The Morgan fingerprint density at radius 2 is 1.83 bits per heavy atom. The fourth-order valence-electron chi connectivity index (χ4n) is 5.40. The molecule has 0 saturated carbocycles. The summed E-state index contributed by atoms with van der Waals surface area (Å²) in [7, 11) is 3.21. The van der Waals surface area contributed by atoms with Gasteiger partial charge in [-0.2, -0.15) is 0 Å². The second-order valence-electron chi connectivity index (χ2n) is 9.54. The van der Waals surface area contributed by atoms with E-state index in [0.29, 0.717) is 23.2 Å². The molecule has 30 heavy (non-hydrogen) atoms. The molecule has 2 unspecified atom stereocenters. The Hall–Kier alpha value is -1.79. The van der Waals surface area contributed by atoms with Gasteiger partial charge in [-0.05, 0) is 62.1 Å². The highest BCUT2D eigenvalue weighted by Gasteiger charge is 2.43. The van der Waals surface area contributed by atoms with E-state index in [0.717, 1.165) is 51.4 Å². The van der Waals surface area contributed by atoms with E-state index in [1.54, 1.807) is 32.4 Å². The molecule has 6 heteroatoms. The van der Waals surface area contributed by atoms with E-state index in [1.165, 1.54) is 25.9 Å². The maximum atomic E-state index is 13.1. The molecule has 3 fully saturated rings. The number of ether oxygens (including phenoxy) is 3. The number of carbonyl (C=O) groups is 1. The molecule has 1 aromatic carbocycles. The van der Waals surface area contributed by atoms with Gasteiger partial charge in [0.2, 0.25) is 0 Å². The minimum absolute atomic E-state index is 0.0554. The van der Waals surface area contributed by atoms with E-state index in [1.807, 2.05) is 4.90 Å². The van der Waals surface area contributed by atoms with Crippen molar-refractivity contribution in [2.24, 2.45) is 11.3 Å². The molecule has 3 aliphatic heterocycles. The highest BCUT2D eigenvalue weighted by atomic mass is 16.5. The zero-order valence-corrected chi connectivity index (χ0v) is 18.7. The van der Waals surface area contributed by atoms with E-state index in [2.05, 4.69) is 11.8 Å². The van der Waals surface area contributed by atoms with Gasteiger partial charge < -0.3 is 24.0 Å². The molecule has 4 rings (SSSR count). The molecule has 2 atom stereocenters. The molecule has 3 aliphatic rings. The molecule has 0 bridgehead atoms.